The van der Waals surface area contributed by atoms with Gasteiger partial charge in [-0.05, 0) is 93.4 Å². The summed E-state index contributed by atoms with van der Waals surface area (Å²) in [6, 6.07) is 7.92. The van der Waals surface area contributed by atoms with E-state index in [1.54, 1.807) is 6.07 Å². The summed E-state index contributed by atoms with van der Waals surface area (Å²) in [4.78, 5) is 31.0. The minimum absolute atomic E-state index is 0.0693. The standard InChI is InChI=1S/C31H48N8O2/c1-20(2)22-6-8-23(9-7-22)38-16-12-24(13-17-38)39-28-10-5-21(19-32)18-26(28)25(30(39)41)11-15-36-29(40)27(33)4-3-14-37-31(34)35/h5,10,18,20,22-25,27H,3-4,6-9,11-17,33H2,1-2H3,(H,36,40)(H4,34,35,37)/t22-,23+,25?,27-/m0/s1. The van der Waals surface area contributed by atoms with Crippen molar-refractivity contribution < 1.29 is 9.59 Å². The van der Waals surface area contributed by atoms with E-state index in [4.69, 9.17) is 16.9 Å². The van der Waals surface area contributed by atoms with Gasteiger partial charge < -0.3 is 31.9 Å². The first-order valence-corrected chi connectivity index (χ1v) is 15.4. The van der Waals surface area contributed by atoms with E-state index >= 15 is 0 Å². The van der Waals surface area contributed by atoms with Crippen molar-refractivity contribution in [2.45, 2.75) is 95.7 Å². The van der Waals surface area contributed by atoms with Crippen molar-refractivity contribution in [3.8, 4) is 6.07 Å². The molecule has 1 saturated carbocycles. The Morgan fingerprint density at radius 3 is 2.44 bits per heavy atom. The molecule has 0 aromatic heterocycles. The first kappa shape index (κ1) is 30.8. The van der Waals surface area contributed by atoms with Crippen molar-refractivity contribution in [2.75, 3.05) is 31.1 Å². The molecule has 3 aliphatic rings. The van der Waals surface area contributed by atoms with Crippen LogP contribution in [0.15, 0.2) is 18.2 Å². The first-order valence-electron chi connectivity index (χ1n) is 15.4. The molecule has 0 bridgehead atoms. The Morgan fingerprint density at radius 1 is 1.10 bits per heavy atom. The van der Waals surface area contributed by atoms with Gasteiger partial charge in [-0.25, -0.2) is 0 Å². The minimum atomic E-state index is -0.664. The molecule has 2 atom stereocenters. The quantitative estimate of drug-likeness (QED) is 0.157. The Balaban J connectivity index is 1.33. The molecule has 2 amide bonds. The average Bonchev–Trinajstić information content (AvgIpc) is 3.25. The fourth-order valence-electron chi connectivity index (χ4n) is 6.99. The molecule has 1 saturated heterocycles. The van der Waals surface area contributed by atoms with E-state index in [2.05, 4.69) is 35.5 Å². The highest BCUT2D eigenvalue weighted by Crippen LogP contribution is 2.43. The molecule has 1 aromatic rings. The van der Waals surface area contributed by atoms with E-state index < -0.39 is 6.04 Å². The van der Waals surface area contributed by atoms with Crippen LogP contribution in [0.25, 0.3) is 0 Å². The molecule has 10 nitrogen and oxygen atoms in total. The Bertz CT molecular complexity index is 1120. The summed E-state index contributed by atoms with van der Waals surface area (Å²) in [6.07, 6.45) is 8.65. The van der Waals surface area contributed by atoms with E-state index in [1.165, 1.54) is 25.7 Å². The van der Waals surface area contributed by atoms with E-state index in [0.717, 1.165) is 49.0 Å². The van der Waals surface area contributed by atoms with Gasteiger partial charge in [0.2, 0.25) is 11.8 Å². The third-order valence-corrected chi connectivity index (χ3v) is 9.47. The van der Waals surface area contributed by atoms with Crippen molar-refractivity contribution in [3.05, 3.63) is 29.3 Å². The predicted molar refractivity (Wildman–Crippen MR) is 161 cm³/mol. The molecule has 4 rings (SSSR count). The van der Waals surface area contributed by atoms with Crippen molar-refractivity contribution >= 4 is 23.5 Å². The smallest absolute Gasteiger partial charge is 0.236 e. The fourth-order valence-corrected chi connectivity index (χ4v) is 6.99. The van der Waals surface area contributed by atoms with Crippen LogP contribution in [0.3, 0.4) is 0 Å². The van der Waals surface area contributed by atoms with Gasteiger partial charge in [0.25, 0.3) is 0 Å². The lowest BCUT2D eigenvalue weighted by atomic mass is 9.79. The maximum Gasteiger partial charge on any atom is 0.236 e. The number of rotatable bonds is 11. The molecule has 1 aliphatic carbocycles. The number of carbonyl (C=O) groups is 2. The number of guanidine groups is 1. The monoisotopic (exact) mass is 564 g/mol. The molecule has 1 aromatic carbocycles. The number of hydrogen-bond donors (Lipinski definition) is 5. The maximum absolute atomic E-state index is 13.8. The summed E-state index contributed by atoms with van der Waals surface area (Å²) < 4.78 is 0. The van der Waals surface area contributed by atoms with Gasteiger partial charge >= 0.3 is 0 Å². The highest BCUT2D eigenvalue weighted by molar-refractivity contribution is 6.05. The highest BCUT2D eigenvalue weighted by Gasteiger charge is 2.42. The Morgan fingerprint density at radius 2 is 1.80 bits per heavy atom. The lowest BCUT2D eigenvalue weighted by Crippen LogP contribution is -2.50. The van der Waals surface area contributed by atoms with Gasteiger partial charge in [-0.15, -0.1) is 0 Å². The second-order valence-corrected chi connectivity index (χ2v) is 12.4. The average molecular weight is 565 g/mol. The Hall–Kier alpha value is -3.16. The number of nitrogens with one attached hydrogen (secondary N) is 3. The van der Waals surface area contributed by atoms with Gasteiger partial charge in [0.1, 0.15) is 0 Å². The number of fused-ring (bicyclic) bond motifs is 1. The summed E-state index contributed by atoms with van der Waals surface area (Å²) in [5, 5.41) is 22.3. The van der Waals surface area contributed by atoms with Crippen LogP contribution in [0.1, 0.15) is 88.7 Å². The van der Waals surface area contributed by atoms with Crippen molar-refractivity contribution in [3.63, 3.8) is 0 Å². The number of benzene rings is 1. The van der Waals surface area contributed by atoms with Crippen LogP contribution in [0, 0.1) is 28.6 Å². The van der Waals surface area contributed by atoms with Gasteiger partial charge in [0.05, 0.1) is 23.6 Å². The summed E-state index contributed by atoms with van der Waals surface area (Å²) >= 11 is 0. The number of anilines is 1. The predicted octanol–water partition coefficient (Wildman–Crippen LogP) is 2.76. The number of nitrogens with two attached hydrogens (primary N) is 2. The number of hydrogen-bond acceptors (Lipinski definition) is 6. The summed E-state index contributed by atoms with van der Waals surface area (Å²) in [5.74, 6) is 0.944. The van der Waals surface area contributed by atoms with Crippen molar-refractivity contribution in [2.24, 2.45) is 23.3 Å². The Labute approximate surface area is 244 Å². The van der Waals surface area contributed by atoms with Crippen molar-refractivity contribution in [1.82, 2.24) is 15.5 Å². The van der Waals surface area contributed by atoms with E-state index in [1.807, 2.05) is 17.0 Å². The zero-order valence-electron chi connectivity index (χ0n) is 24.7. The van der Waals surface area contributed by atoms with Crippen LogP contribution in [0.2, 0.25) is 0 Å². The molecule has 41 heavy (non-hydrogen) atoms. The molecule has 224 valence electrons. The molecule has 0 radical (unpaired) electrons. The van der Waals surface area contributed by atoms with E-state index in [0.29, 0.717) is 44.0 Å². The number of piperidine rings is 1. The molecule has 7 N–H and O–H groups in total. The van der Waals surface area contributed by atoms with Gasteiger partial charge in [0.15, 0.2) is 5.96 Å². The van der Waals surface area contributed by atoms with E-state index in [9.17, 15) is 14.9 Å². The molecule has 1 unspecified atom stereocenters. The molecular formula is C31H48N8O2. The fraction of sp³-hybridized carbons (Fsp3) is 0.677. The summed E-state index contributed by atoms with van der Waals surface area (Å²) in [7, 11) is 0. The first-order chi connectivity index (χ1) is 19.7. The number of nitriles is 1. The van der Waals surface area contributed by atoms with Crippen LogP contribution >= 0.6 is 0 Å². The van der Waals surface area contributed by atoms with Crippen LogP contribution in [-0.2, 0) is 9.59 Å². The molecule has 0 spiro atoms. The summed E-state index contributed by atoms with van der Waals surface area (Å²) in [5.41, 5.74) is 13.7. The van der Waals surface area contributed by atoms with E-state index in [-0.39, 0.29) is 29.7 Å². The normalized spacial score (nSPS) is 24.1. The lowest BCUT2D eigenvalue weighted by Gasteiger charge is -2.43. The van der Waals surface area contributed by atoms with Crippen LogP contribution in [0.5, 0.6) is 0 Å². The summed E-state index contributed by atoms with van der Waals surface area (Å²) in [6.45, 7) is 7.52. The molecule has 2 fully saturated rings. The zero-order chi connectivity index (χ0) is 29.5. The van der Waals surface area contributed by atoms with Crippen LogP contribution in [-0.4, -0.2) is 67.0 Å². The Kier molecular flexibility index (Phi) is 10.6. The number of amides is 2. The second kappa shape index (κ2) is 14.1. The van der Waals surface area contributed by atoms with Crippen LogP contribution < -0.4 is 27.0 Å². The molecular weight excluding hydrogens is 516 g/mol. The molecule has 2 heterocycles. The van der Waals surface area contributed by atoms with Crippen LogP contribution in [0.4, 0.5) is 5.69 Å². The highest BCUT2D eigenvalue weighted by atomic mass is 16.2. The number of likely N-dealkylation sites (tertiary alicyclic amines) is 1. The molecule has 2 aliphatic heterocycles. The molecule has 10 heteroatoms. The number of nitrogens with zero attached hydrogens (tertiary/aromatic N) is 3. The van der Waals surface area contributed by atoms with Gasteiger partial charge in [-0.2, -0.15) is 5.26 Å². The largest absolute Gasteiger partial charge is 0.370 e. The third kappa shape index (κ3) is 7.57. The van der Waals surface area contributed by atoms with Gasteiger partial charge in [0, 0.05) is 44.0 Å². The lowest BCUT2D eigenvalue weighted by molar-refractivity contribution is -0.123. The second-order valence-electron chi connectivity index (χ2n) is 12.4. The minimum Gasteiger partial charge on any atom is -0.370 e. The van der Waals surface area contributed by atoms with Gasteiger partial charge in [-0.1, -0.05) is 13.8 Å². The SMILES string of the molecule is CC(C)[C@H]1CC[C@@H](N2CCC(N3C(=O)C(CCNC(=O)[C@@H](N)CCCNC(=N)N)c4cc(C#N)ccc43)CC2)CC1. The van der Waals surface area contributed by atoms with Crippen molar-refractivity contribution in [1.29, 1.82) is 10.7 Å². The third-order valence-electron chi connectivity index (χ3n) is 9.47. The topological polar surface area (TPSA) is 164 Å². The van der Waals surface area contributed by atoms with Gasteiger partial charge in [-0.3, -0.25) is 15.0 Å². The number of carbonyl (C=O) groups excluding carboxylic acids is 2. The zero-order valence-corrected chi connectivity index (χ0v) is 24.7. The maximum atomic E-state index is 13.8.